The second-order valence-electron chi connectivity index (χ2n) is 19.3. The number of rotatable bonds is 27. The van der Waals surface area contributed by atoms with Gasteiger partial charge in [-0.25, -0.2) is 0 Å². The van der Waals surface area contributed by atoms with Crippen molar-refractivity contribution in [1.29, 1.82) is 0 Å². The van der Waals surface area contributed by atoms with Gasteiger partial charge in [-0.2, -0.15) is 0 Å². The van der Waals surface area contributed by atoms with Crippen LogP contribution in [0, 0.1) is 0 Å². The summed E-state index contributed by atoms with van der Waals surface area (Å²) in [4.78, 5) is 106. The fourth-order valence-corrected chi connectivity index (χ4v) is 9.30. The Morgan fingerprint density at radius 1 is 0.675 bits per heavy atom. The quantitative estimate of drug-likeness (QED) is 0.0152. The van der Waals surface area contributed by atoms with Crippen molar-refractivity contribution in [3.63, 3.8) is 0 Å². The molecular formula is C60H65ClN10O9. The van der Waals surface area contributed by atoms with Gasteiger partial charge in [0.25, 0.3) is 5.91 Å². The van der Waals surface area contributed by atoms with Crippen molar-refractivity contribution in [3.05, 3.63) is 185 Å². The normalized spacial score (nSPS) is 13.3. The first-order chi connectivity index (χ1) is 38.6. The average Bonchev–Trinajstić information content (AvgIpc) is 3.90. The van der Waals surface area contributed by atoms with Gasteiger partial charge >= 0.3 is 0 Å². The summed E-state index contributed by atoms with van der Waals surface area (Å²) in [5.74, 6) is -5.04. The summed E-state index contributed by atoms with van der Waals surface area (Å²) < 4.78 is 5.95. The molecule has 0 saturated heterocycles. The van der Waals surface area contributed by atoms with E-state index in [1.54, 1.807) is 60.8 Å². The zero-order chi connectivity index (χ0) is 57.1. The number of H-pyrrole nitrogens is 1. The van der Waals surface area contributed by atoms with Crippen LogP contribution in [0.4, 0.5) is 0 Å². The molecule has 1 heterocycles. The molecule has 7 rings (SSSR count). The third-order valence-electron chi connectivity index (χ3n) is 13.4. The number of nitrogens with zero attached hydrogens (tertiary/aromatic N) is 2. The van der Waals surface area contributed by atoms with Crippen LogP contribution >= 0.6 is 11.6 Å². The van der Waals surface area contributed by atoms with Gasteiger partial charge in [0.1, 0.15) is 42.8 Å². The van der Waals surface area contributed by atoms with E-state index in [0.717, 1.165) is 39.7 Å². The number of aliphatic hydroxyl groups is 1. The highest BCUT2D eigenvalue weighted by Crippen LogP contribution is 2.22. The lowest BCUT2D eigenvalue weighted by Crippen LogP contribution is -2.62. The Morgan fingerprint density at radius 2 is 1.29 bits per heavy atom. The number of benzene rings is 6. The maximum Gasteiger partial charge on any atom is 0.254 e. The van der Waals surface area contributed by atoms with Crippen molar-refractivity contribution >= 4 is 81.0 Å². The van der Waals surface area contributed by atoms with Gasteiger partial charge in [-0.15, -0.1) is 0 Å². The number of aromatic nitrogens is 1. The van der Waals surface area contributed by atoms with Crippen LogP contribution in [0.15, 0.2) is 157 Å². The Labute approximate surface area is 467 Å². The highest BCUT2D eigenvalue weighted by atomic mass is 35.5. The van der Waals surface area contributed by atoms with E-state index in [1.807, 2.05) is 91.0 Å². The Kier molecular flexibility index (Phi) is 21.0. The molecule has 12 N–H and O–H groups in total. The smallest absolute Gasteiger partial charge is 0.254 e. The number of aliphatic hydroxyl groups excluding tert-OH is 1. The van der Waals surface area contributed by atoms with Gasteiger partial charge < -0.3 is 58.1 Å². The highest BCUT2D eigenvalue weighted by molar-refractivity contribution is 6.30. The zero-order valence-electron chi connectivity index (χ0n) is 44.1. The van der Waals surface area contributed by atoms with Crippen molar-refractivity contribution in [2.75, 3.05) is 13.2 Å². The van der Waals surface area contributed by atoms with E-state index in [-0.39, 0.29) is 57.6 Å². The largest absolute Gasteiger partial charge is 0.489 e. The molecule has 20 heteroatoms. The number of aldehydes is 1. The predicted octanol–water partition coefficient (Wildman–Crippen LogP) is 4.08. The van der Waals surface area contributed by atoms with E-state index in [2.05, 4.69) is 31.2 Å². The number of para-hydroxylation sites is 1. The number of nitrogens with one attached hydrogen (secondary N) is 5. The molecule has 0 bridgehead atoms. The summed E-state index contributed by atoms with van der Waals surface area (Å²) in [5.41, 5.74) is 21.6. The molecule has 6 atom stereocenters. The minimum atomic E-state index is -1.86. The summed E-state index contributed by atoms with van der Waals surface area (Å²) in [6, 6.07) is 35.1. The Hall–Kier alpha value is -8.91. The van der Waals surface area contributed by atoms with Crippen molar-refractivity contribution in [3.8, 4) is 5.75 Å². The summed E-state index contributed by atoms with van der Waals surface area (Å²) >= 11 is 6.21. The molecular weight excluding hydrogens is 1040 g/mol. The summed E-state index contributed by atoms with van der Waals surface area (Å²) in [5, 5.41) is 24.8. The first-order valence-electron chi connectivity index (χ1n) is 26.0. The molecule has 0 spiro atoms. The highest BCUT2D eigenvalue weighted by Gasteiger charge is 2.39. The van der Waals surface area contributed by atoms with Gasteiger partial charge in [-0.05, 0) is 88.2 Å². The fourth-order valence-electron chi connectivity index (χ4n) is 9.17. The number of hydrogen-bond donors (Lipinski definition) is 9. The maximum absolute atomic E-state index is 14.8. The number of guanidine groups is 1. The molecule has 0 aliphatic carbocycles. The third-order valence-corrected chi connectivity index (χ3v) is 13.6. The van der Waals surface area contributed by atoms with Crippen LogP contribution in [-0.2, 0) is 65.9 Å². The molecule has 0 aliphatic heterocycles. The number of hydrogen-bond acceptors (Lipinski definition) is 11. The zero-order valence-corrected chi connectivity index (χ0v) is 44.8. The summed E-state index contributed by atoms with van der Waals surface area (Å²) in [7, 11) is 0. The third kappa shape index (κ3) is 16.6. The number of amides is 6. The van der Waals surface area contributed by atoms with Crippen LogP contribution in [0.25, 0.3) is 21.7 Å². The molecule has 416 valence electrons. The second-order valence-corrected chi connectivity index (χ2v) is 19.8. The first kappa shape index (κ1) is 58.8. The van der Waals surface area contributed by atoms with Crippen LogP contribution in [0.3, 0.4) is 0 Å². The molecule has 0 fully saturated rings. The molecule has 0 aliphatic rings. The lowest BCUT2D eigenvalue weighted by atomic mass is 9.99. The van der Waals surface area contributed by atoms with Gasteiger partial charge in [0.15, 0.2) is 5.96 Å². The van der Waals surface area contributed by atoms with E-state index in [0.29, 0.717) is 38.6 Å². The number of carbonyl (C=O) groups is 7. The first-order valence-corrected chi connectivity index (χ1v) is 26.4. The molecule has 0 radical (unpaired) electrons. The number of carbonyl (C=O) groups excluding carboxylic acids is 7. The summed E-state index contributed by atoms with van der Waals surface area (Å²) in [6.45, 7) is 0.415. The van der Waals surface area contributed by atoms with Crippen molar-refractivity contribution in [2.24, 2.45) is 22.2 Å². The van der Waals surface area contributed by atoms with E-state index >= 15 is 0 Å². The Morgan fingerprint density at radius 3 is 1.98 bits per heavy atom. The van der Waals surface area contributed by atoms with Gasteiger partial charge in [-0.3, -0.25) is 38.7 Å². The number of aliphatic imine (C=N–C) groups is 1. The van der Waals surface area contributed by atoms with Crippen LogP contribution in [0.5, 0.6) is 5.75 Å². The van der Waals surface area contributed by atoms with Crippen LogP contribution in [0.2, 0.25) is 5.02 Å². The van der Waals surface area contributed by atoms with Crippen LogP contribution in [-0.4, -0.2) is 112 Å². The number of fused-ring (bicyclic) bond motifs is 2. The Bertz CT molecular complexity index is 3300. The number of aromatic amines is 1. The SMILES string of the molecule is CC(=O)N(C(=O)[C@H](CO)NC(=O)[C@@H](Cc1c[nH]c2ccccc12)NC(=O)[C@H](Cc1ccc(Cl)cc1)NC(=O)[C@@H](N)Cc1ccc2ccccc2c1)[C@@H](Cc1ccc(OCc2ccccc2)cc1)C(=O)N[C@@H](C=O)CCCN=C(N)N. The van der Waals surface area contributed by atoms with Crippen molar-refractivity contribution in [2.45, 2.75) is 88.3 Å². The van der Waals surface area contributed by atoms with E-state index in [9.17, 15) is 38.7 Å². The number of ether oxygens (including phenoxy) is 1. The maximum atomic E-state index is 14.8. The van der Waals surface area contributed by atoms with Crippen molar-refractivity contribution < 1.29 is 43.4 Å². The van der Waals surface area contributed by atoms with Gasteiger partial charge in [0, 0.05) is 54.9 Å². The lowest BCUT2D eigenvalue weighted by molar-refractivity contribution is -0.153. The van der Waals surface area contributed by atoms with E-state index < -0.39 is 78.3 Å². The second kappa shape index (κ2) is 28.6. The molecule has 19 nitrogen and oxygen atoms in total. The minimum Gasteiger partial charge on any atom is -0.489 e. The number of nitrogens with two attached hydrogens (primary N) is 3. The molecule has 7 aromatic rings. The monoisotopic (exact) mass is 1100 g/mol. The average molecular weight is 1110 g/mol. The van der Waals surface area contributed by atoms with Crippen LogP contribution in [0.1, 0.15) is 47.6 Å². The fraction of sp³-hybridized carbons (Fsp3) is 0.267. The summed E-state index contributed by atoms with van der Waals surface area (Å²) in [6.07, 6.45) is 2.21. The van der Waals surface area contributed by atoms with Crippen molar-refractivity contribution in [1.82, 2.24) is 31.2 Å². The molecule has 6 amide bonds. The molecule has 1 aromatic heterocycles. The molecule has 80 heavy (non-hydrogen) atoms. The Balaban J connectivity index is 1.15. The van der Waals surface area contributed by atoms with Crippen LogP contribution < -0.4 is 43.2 Å². The topological polar surface area (TPSA) is 307 Å². The van der Waals surface area contributed by atoms with Gasteiger partial charge in [0.05, 0.1) is 18.7 Å². The van der Waals surface area contributed by atoms with E-state index in [1.165, 1.54) is 0 Å². The predicted molar refractivity (Wildman–Crippen MR) is 306 cm³/mol. The van der Waals surface area contributed by atoms with Gasteiger partial charge in [-0.1, -0.05) is 127 Å². The van der Waals surface area contributed by atoms with E-state index in [4.69, 9.17) is 33.5 Å². The van der Waals surface area contributed by atoms with Gasteiger partial charge in [0.2, 0.25) is 29.5 Å². The number of imide groups is 1. The standard InChI is InChI=1S/C60H65ClN10O9/c1-37(74)71(54(58(78)67-46(34-72)14-9-27-65-60(63)64)31-39-20-25-47(26-21-39)80-36-40-10-3-2-4-11-40)59(79)53(35-73)70-57(77)52(32-44-33-66-50-16-8-7-15-48(44)50)69-56(76)51(30-38-18-23-45(61)24-19-38)68-55(75)49(62)29-41-17-22-42-12-5-6-13-43(42)28-41/h2-8,10-13,15-26,28,33-34,46,49,51-54,66,73H,9,14,27,29-32,35-36,62H2,1H3,(H,67,78)(H,68,75)(H,69,76)(H,70,77)(H4,63,64,65)/t46-,49+,51+,52-,53+,54+/m1/s1. The molecule has 0 unspecified atom stereocenters. The molecule has 0 saturated carbocycles. The number of halogens is 1. The minimum absolute atomic E-state index is 0.0572. The molecule has 6 aromatic carbocycles. The lowest BCUT2D eigenvalue weighted by Gasteiger charge is -2.32.